The number of nitrogens with zero attached hydrogens (tertiary/aromatic N) is 3. The van der Waals surface area contributed by atoms with Crippen LogP contribution in [0.25, 0.3) is 0 Å². The highest BCUT2D eigenvalue weighted by Gasteiger charge is 2.15. The molecule has 1 heterocycles. The third-order valence-electron chi connectivity index (χ3n) is 3.27. The molecule has 2 rings (SSSR count). The summed E-state index contributed by atoms with van der Waals surface area (Å²) in [6, 6.07) is 4.58. The van der Waals surface area contributed by atoms with Crippen LogP contribution in [0.1, 0.15) is 17.0 Å². The maximum Gasteiger partial charge on any atom is 0.293 e. The van der Waals surface area contributed by atoms with Crippen molar-refractivity contribution >= 4 is 23.0 Å². The molecule has 0 bridgehead atoms. The lowest BCUT2D eigenvalue weighted by Crippen LogP contribution is -2.04. The average Bonchev–Trinajstić information content (AvgIpc) is 2.62. The van der Waals surface area contributed by atoms with Crippen molar-refractivity contribution in [3.05, 3.63) is 50.3 Å². The molecule has 0 aliphatic rings. The van der Waals surface area contributed by atoms with E-state index in [1.165, 1.54) is 6.07 Å². The predicted octanol–water partition coefficient (Wildman–Crippen LogP) is 3.21. The summed E-state index contributed by atoms with van der Waals surface area (Å²) in [6.07, 6.45) is 0. The number of benzene rings is 1. The maximum atomic E-state index is 11.0. The summed E-state index contributed by atoms with van der Waals surface area (Å²) in [6.45, 7) is 4.36. The highest BCUT2D eigenvalue weighted by molar-refractivity contribution is 6.30. The summed E-state index contributed by atoms with van der Waals surface area (Å²) < 4.78 is 1.79. The van der Waals surface area contributed by atoms with Crippen molar-refractivity contribution in [2.45, 2.75) is 20.4 Å². The van der Waals surface area contributed by atoms with Crippen molar-refractivity contribution in [2.24, 2.45) is 7.05 Å². The highest BCUT2D eigenvalue weighted by Crippen LogP contribution is 2.28. The fourth-order valence-corrected chi connectivity index (χ4v) is 2.23. The van der Waals surface area contributed by atoms with E-state index in [1.807, 2.05) is 20.9 Å². The number of rotatable bonds is 4. The molecule has 0 fully saturated rings. The molecule has 0 saturated heterocycles. The third-order valence-corrected chi connectivity index (χ3v) is 3.51. The van der Waals surface area contributed by atoms with Crippen molar-refractivity contribution < 1.29 is 4.92 Å². The number of aromatic nitrogens is 2. The number of nitrogens with one attached hydrogen (secondary N) is 1. The van der Waals surface area contributed by atoms with Gasteiger partial charge in [-0.2, -0.15) is 5.10 Å². The summed E-state index contributed by atoms with van der Waals surface area (Å²) in [5.41, 5.74) is 3.40. The summed E-state index contributed by atoms with van der Waals surface area (Å²) >= 11 is 5.79. The number of hydrogen-bond donors (Lipinski definition) is 1. The van der Waals surface area contributed by atoms with E-state index in [0.29, 0.717) is 17.3 Å². The Morgan fingerprint density at radius 1 is 1.45 bits per heavy atom. The first-order chi connectivity index (χ1) is 9.40. The van der Waals surface area contributed by atoms with Gasteiger partial charge in [-0.1, -0.05) is 11.6 Å². The second-order valence-corrected chi connectivity index (χ2v) is 4.98. The molecular formula is C13H15ClN4O2. The van der Waals surface area contributed by atoms with Crippen molar-refractivity contribution in [1.82, 2.24) is 9.78 Å². The molecule has 0 spiro atoms. The molecule has 6 nitrogen and oxygen atoms in total. The van der Waals surface area contributed by atoms with Crippen LogP contribution in [0.15, 0.2) is 18.2 Å². The Morgan fingerprint density at radius 3 is 2.70 bits per heavy atom. The molecule has 1 aromatic carbocycles. The van der Waals surface area contributed by atoms with Crippen LogP contribution in [0.5, 0.6) is 0 Å². The zero-order valence-corrected chi connectivity index (χ0v) is 12.2. The van der Waals surface area contributed by atoms with Gasteiger partial charge in [0.2, 0.25) is 0 Å². The Balaban J connectivity index is 2.25. The van der Waals surface area contributed by atoms with Gasteiger partial charge in [-0.3, -0.25) is 14.8 Å². The Morgan fingerprint density at radius 2 is 2.15 bits per heavy atom. The number of aryl methyl sites for hydroxylation is 2. The van der Waals surface area contributed by atoms with E-state index >= 15 is 0 Å². The van der Waals surface area contributed by atoms with Crippen LogP contribution >= 0.6 is 11.6 Å². The number of hydrogen-bond acceptors (Lipinski definition) is 4. The van der Waals surface area contributed by atoms with Gasteiger partial charge in [-0.05, 0) is 26.0 Å². The minimum atomic E-state index is -0.447. The lowest BCUT2D eigenvalue weighted by atomic mass is 10.2. The van der Waals surface area contributed by atoms with E-state index in [0.717, 1.165) is 17.0 Å². The van der Waals surface area contributed by atoms with E-state index in [2.05, 4.69) is 10.4 Å². The lowest BCUT2D eigenvalue weighted by Gasteiger charge is -2.08. The van der Waals surface area contributed by atoms with Gasteiger partial charge in [0, 0.05) is 35.9 Å². The Hall–Kier alpha value is -2.08. The quantitative estimate of drug-likeness (QED) is 0.694. The van der Waals surface area contributed by atoms with Crippen LogP contribution in [0.3, 0.4) is 0 Å². The van der Waals surface area contributed by atoms with Crippen LogP contribution in [0.2, 0.25) is 5.02 Å². The minimum Gasteiger partial charge on any atom is -0.375 e. The van der Waals surface area contributed by atoms with Gasteiger partial charge < -0.3 is 5.32 Å². The van der Waals surface area contributed by atoms with Crippen LogP contribution < -0.4 is 5.32 Å². The number of halogens is 1. The van der Waals surface area contributed by atoms with Crippen molar-refractivity contribution in [3.8, 4) is 0 Å². The molecule has 0 radical (unpaired) electrons. The lowest BCUT2D eigenvalue weighted by molar-refractivity contribution is -0.383. The number of nitro groups is 1. The van der Waals surface area contributed by atoms with Crippen LogP contribution in [-0.2, 0) is 13.6 Å². The molecule has 0 unspecified atom stereocenters. The molecule has 106 valence electrons. The molecule has 0 aliphatic heterocycles. The standard InChI is InChI=1S/C13H15ClN4O2/c1-8-11(9(2)17(3)16-8)7-15-12-5-4-10(14)6-13(12)18(19)20/h4-6,15H,7H2,1-3H3. The van der Waals surface area contributed by atoms with Gasteiger partial charge in [0.1, 0.15) is 5.69 Å². The van der Waals surface area contributed by atoms with Crippen LogP contribution in [0, 0.1) is 24.0 Å². The molecule has 0 atom stereocenters. The Bertz CT molecular complexity index is 667. The highest BCUT2D eigenvalue weighted by atomic mass is 35.5. The topological polar surface area (TPSA) is 73.0 Å². The van der Waals surface area contributed by atoms with E-state index in [4.69, 9.17) is 11.6 Å². The zero-order valence-electron chi connectivity index (χ0n) is 11.5. The summed E-state index contributed by atoms with van der Waals surface area (Å²) in [5, 5.41) is 18.8. The molecule has 1 N–H and O–H groups in total. The first-order valence-corrected chi connectivity index (χ1v) is 6.45. The molecule has 2 aromatic rings. The first-order valence-electron chi connectivity index (χ1n) is 6.07. The van der Waals surface area contributed by atoms with Crippen LogP contribution in [0.4, 0.5) is 11.4 Å². The molecule has 1 aromatic heterocycles. The molecule has 20 heavy (non-hydrogen) atoms. The molecular weight excluding hydrogens is 280 g/mol. The van der Waals surface area contributed by atoms with Crippen LogP contribution in [-0.4, -0.2) is 14.7 Å². The summed E-state index contributed by atoms with van der Waals surface area (Å²) in [7, 11) is 1.87. The predicted molar refractivity (Wildman–Crippen MR) is 78.1 cm³/mol. The minimum absolute atomic E-state index is 0.0308. The maximum absolute atomic E-state index is 11.0. The van der Waals surface area contributed by atoms with Crippen molar-refractivity contribution in [3.63, 3.8) is 0 Å². The van der Waals surface area contributed by atoms with E-state index in [-0.39, 0.29) is 5.69 Å². The SMILES string of the molecule is Cc1nn(C)c(C)c1CNc1ccc(Cl)cc1[N+](=O)[O-]. The average molecular weight is 295 g/mol. The van der Waals surface area contributed by atoms with E-state index in [9.17, 15) is 10.1 Å². The normalized spacial score (nSPS) is 10.6. The van der Waals surface area contributed by atoms with Gasteiger partial charge in [-0.15, -0.1) is 0 Å². The molecule has 0 aliphatic carbocycles. The van der Waals surface area contributed by atoms with Crippen molar-refractivity contribution in [1.29, 1.82) is 0 Å². The smallest absolute Gasteiger partial charge is 0.293 e. The van der Waals surface area contributed by atoms with Gasteiger partial charge in [0.05, 0.1) is 10.6 Å². The fourth-order valence-electron chi connectivity index (χ4n) is 2.06. The molecule has 0 saturated carbocycles. The monoisotopic (exact) mass is 294 g/mol. The molecule has 0 amide bonds. The number of anilines is 1. The fraction of sp³-hybridized carbons (Fsp3) is 0.308. The second kappa shape index (κ2) is 5.50. The van der Waals surface area contributed by atoms with Gasteiger partial charge in [-0.25, -0.2) is 0 Å². The van der Waals surface area contributed by atoms with Crippen molar-refractivity contribution in [2.75, 3.05) is 5.32 Å². The Labute approximate surface area is 121 Å². The van der Waals surface area contributed by atoms with Gasteiger partial charge in [0.15, 0.2) is 0 Å². The Kier molecular flexibility index (Phi) is 3.94. The van der Waals surface area contributed by atoms with E-state index < -0.39 is 4.92 Å². The second-order valence-electron chi connectivity index (χ2n) is 4.55. The number of nitro benzene ring substituents is 1. The third kappa shape index (κ3) is 2.75. The summed E-state index contributed by atoms with van der Waals surface area (Å²) in [5.74, 6) is 0. The van der Waals surface area contributed by atoms with Gasteiger partial charge >= 0.3 is 0 Å². The zero-order chi connectivity index (χ0) is 14.9. The first kappa shape index (κ1) is 14.3. The molecule has 7 heteroatoms. The summed E-state index contributed by atoms with van der Waals surface area (Å²) in [4.78, 5) is 10.6. The largest absolute Gasteiger partial charge is 0.375 e. The van der Waals surface area contributed by atoms with Gasteiger partial charge in [0.25, 0.3) is 5.69 Å². The van der Waals surface area contributed by atoms with E-state index in [1.54, 1.807) is 16.8 Å².